The van der Waals surface area contributed by atoms with Crippen molar-refractivity contribution in [3.63, 3.8) is 0 Å². The van der Waals surface area contributed by atoms with Crippen LogP contribution in [0.2, 0.25) is 0 Å². The van der Waals surface area contributed by atoms with Crippen molar-refractivity contribution < 1.29 is 14.2 Å². The molecule has 0 unspecified atom stereocenters. The fraction of sp³-hybridized carbons (Fsp3) is 0.583. The van der Waals surface area contributed by atoms with E-state index in [-0.39, 0.29) is 6.10 Å². The van der Waals surface area contributed by atoms with Crippen LogP contribution in [0.15, 0.2) is 12.7 Å². The third-order valence-electron chi connectivity index (χ3n) is 3.03. The molecule has 1 aliphatic rings. The second kappa shape index (κ2) is 4.43. The molecule has 0 aromatic carbocycles. The minimum atomic E-state index is -0.520. The van der Waals surface area contributed by atoms with E-state index in [4.69, 9.17) is 14.2 Å². The molecule has 2 aromatic rings. The van der Waals surface area contributed by atoms with Crippen LogP contribution in [0.1, 0.15) is 13.8 Å². The molecule has 2 aromatic heterocycles. The van der Waals surface area contributed by atoms with Crippen LogP contribution in [0.5, 0.6) is 5.88 Å². The molecule has 0 N–H and O–H groups in total. The van der Waals surface area contributed by atoms with Crippen molar-refractivity contribution in [1.82, 2.24) is 19.5 Å². The lowest BCUT2D eigenvalue weighted by atomic mass is 10.3. The van der Waals surface area contributed by atoms with Gasteiger partial charge in [0.05, 0.1) is 26.6 Å². The Morgan fingerprint density at radius 2 is 2.26 bits per heavy atom. The van der Waals surface area contributed by atoms with Crippen molar-refractivity contribution in [3.05, 3.63) is 12.7 Å². The second-order valence-corrected chi connectivity index (χ2v) is 4.90. The van der Waals surface area contributed by atoms with Crippen LogP contribution < -0.4 is 4.74 Å². The number of methoxy groups -OCH3 is 1. The molecule has 102 valence electrons. The quantitative estimate of drug-likeness (QED) is 0.823. The van der Waals surface area contributed by atoms with Crippen LogP contribution in [0.4, 0.5) is 0 Å². The molecule has 0 amide bonds. The number of nitrogens with zero attached hydrogens (tertiary/aromatic N) is 4. The Hall–Kier alpha value is -1.73. The van der Waals surface area contributed by atoms with Crippen molar-refractivity contribution in [2.45, 2.75) is 32.3 Å². The predicted octanol–water partition coefficient (Wildman–Crippen LogP) is 0.986. The maximum atomic E-state index is 5.78. The molecule has 1 aliphatic heterocycles. The number of imidazole rings is 1. The van der Waals surface area contributed by atoms with Gasteiger partial charge in [0.25, 0.3) is 0 Å². The van der Waals surface area contributed by atoms with Gasteiger partial charge in [-0.3, -0.25) is 0 Å². The summed E-state index contributed by atoms with van der Waals surface area (Å²) in [7, 11) is 1.57. The zero-order valence-corrected chi connectivity index (χ0v) is 11.2. The van der Waals surface area contributed by atoms with E-state index in [1.165, 1.54) is 6.33 Å². The summed E-state index contributed by atoms with van der Waals surface area (Å²) in [6.45, 7) is 5.02. The Balaban J connectivity index is 1.86. The second-order valence-electron chi connectivity index (χ2n) is 4.90. The maximum absolute atomic E-state index is 5.78. The van der Waals surface area contributed by atoms with Crippen molar-refractivity contribution in [2.75, 3.05) is 13.7 Å². The molecular formula is C12H16N4O3. The minimum absolute atomic E-state index is 0.00615. The molecule has 3 heterocycles. The monoisotopic (exact) mass is 264 g/mol. The number of hydrogen-bond donors (Lipinski definition) is 0. The summed E-state index contributed by atoms with van der Waals surface area (Å²) in [6.07, 6.45) is 3.18. The van der Waals surface area contributed by atoms with E-state index in [2.05, 4.69) is 15.0 Å². The lowest BCUT2D eigenvalue weighted by Gasteiger charge is -2.17. The normalized spacial score (nSPS) is 21.9. The third kappa shape index (κ3) is 2.26. The van der Waals surface area contributed by atoms with Crippen LogP contribution in [0.3, 0.4) is 0 Å². The first-order valence-corrected chi connectivity index (χ1v) is 6.10. The lowest BCUT2D eigenvalue weighted by molar-refractivity contribution is -0.139. The van der Waals surface area contributed by atoms with Gasteiger partial charge in [-0.1, -0.05) is 0 Å². The molecule has 0 saturated carbocycles. The molecule has 19 heavy (non-hydrogen) atoms. The summed E-state index contributed by atoms with van der Waals surface area (Å²) >= 11 is 0. The summed E-state index contributed by atoms with van der Waals surface area (Å²) in [5.74, 6) is -0.0408. The molecule has 7 heteroatoms. The van der Waals surface area contributed by atoms with Gasteiger partial charge in [-0.15, -0.1) is 0 Å². The summed E-state index contributed by atoms with van der Waals surface area (Å²) in [5.41, 5.74) is 1.39. The minimum Gasteiger partial charge on any atom is -0.479 e. The van der Waals surface area contributed by atoms with Crippen LogP contribution in [0, 0.1) is 0 Å². The highest BCUT2D eigenvalue weighted by atomic mass is 16.7. The Bertz CT molecular complexity index is 596. The number of rotatable bonds is 3. The van der Waals surface area contributed by atoms with E-state index in [1.807, 2.05) is 18.4 Å². The lowest BCUT2D eigenvalue weighted by Crippen LogP contribution is -2.24. The SMILES string of the molecule is COc1ncnc2c1ncn2C[C@@H]1COC(C)(C)O1. The number of fused-ring (bicyclic) bond motifs is 1. The van der Waals surface area contributed by atoms with E-state index >= 15 is 0 Å². The van der Waals surface area contributed by atoms with Gasteiger partial charge in [-0.05, 0) is 13.8 Å². The number of aromatic nitrogens is 4. The highest BCUT2D eigenvalue weighted by Gasteiger charge is 2.33. The van der Waals surface area contributed by atoms with Crippen LogP contribution in [0.25, 0.3) is 11.2 Å². The Morgan fingerprint density at radius 1 is 1.42 bits per heavy atom. The Morgan fingerprint density at radius 3 is 2.95 bits per heavy atom. The number of ether oxygens (including phenoxy) is 3. The van der Waals surface area contributed by atoms with Gasteiger partial charge in [0.1, 0.15) is 12.4 Å². The Labute approximate surface area is 110 Å². The maximum Gasteiger partial charge on any atom is 0.245 e. The van der Waals surface area contributed by atoms with E-state index in [0.717, 1.165) is 5.65 Å². The average Bonchev–Trinajstić information content (AvgIpc) is 2.93. The summed E-state index contributed by atoms with van der Waals surface area (Å²) < 4.78 is 18.4. The number of hydrogen-bond acceptors (Lipinski definition) is 6. The van der Waals surface area contributed by atoms with Gasteiger partial charge in [-0.2, -0.15) is 4.98 Å². The van der Waals surface area contributed by atoms with Crippen LogP contribution in [-0.2, 0) is 16.0 Å². The first kappa shape index (κ1) is 12.3. The first-order valence-electron chi connectivity index (χ1n) is 6.10. The molecule has 0 aliphatic carbocycles. The van der Waals surface area contributed by atoms with E-state index in [0.29, 0.717) is 24.5 Å². The van der Waals surface area contributed by atoms with Crippen molar-refractivity contribution in [3.8, 4) is 5.88 Å². The molecule has 7 nitrogen and oxygen atoms in total. The topological polar surface area (TPSA) is 71.3 Å². The third-order valence-corrected chi connectivity index (χ3v) is 3.03. The molecule has 3 rings (SSSR count). The van der Waals surface area contributed by atoms with Crippen molar-refractivity contribution in [2.24, 2.45) is 0 Å². The smallest absolute Gasteiger partial charge is 0.245 e. The highest BCUT2D eigenvalue weighted by Crippen LogP contribution is 2.25. The zero-order chi connectivity index (χ0) is 13.5. The van der Waals surface area contributed by atoms with Gasteiger partial charge in [0.15, 0.2) is 17.0 Å². The average molecular weight is 264 g/mol. The predicted molar refractivity (Wildman–Crippen MR) is 66.8 cm³/mol. The zero-order valence-electron chi connectivity index (χ0n) is 11.2. The van der Waals surface area contributed by atoms with Gasteiger partial charge >= 0.3 is 0 Å². The van der Waals surface area contributed by atoms with E-state index in [9.17, 15) is 0 Å². The molecule has 0 radical (unpaired) electrons. The summed E-state index contributed by atoms with van der Waals surface area (Å²) in [4.78, 5) is 12.6. The molecular weight excluding hydrogens is 248 g/mol. The molecule has 0 bridgehead atoms. The Kier molecular flexibility index (Phi) is 2.87. The van der Waals surface area contributed by atoms with Gasteiger partial charge < -0.3 is 18.8 Å². The molecule has 1 saturated heterocycles. The van der Waals surface area contributed by atoms with E-state index in [1.54, 1.807) is 13.4 Å². The summed E-state index contributed by atoms with van der Waals surface area (Å²) in [6, 6.07) is 0. The molecule has 1 atom stereocenters. The van der Waals surface area contributed by atoms with Crippen molar-refractivity contribution in [1.29, 1.82) is 0 Å². The van der Waals surface area contributed by atoms with Gasteiger partial charge in [0, 0.05) is 0 Å². The largest absolute Gasteiger partial charge is 0.479 e. The summed E-state index contributed by atoms with van der Waals surface area (Å²) in [5, 5.41) is 0. The molecule has 0 spiro atoms. The fourth-order valence-electron chi connectivity index (χ4n) is 2.21. The van der Waals surface area contributed by atoms with Crippen LogP contribution in [-0.4, -0.2) is 45.1 Å². The molecule has 1 fully saturated rings. The standard InChI is InChI=1S/C12H16N4O3/c1-12(2)18-5-8(19-12)4-16-7-15-9-10(16)13-6-14-11(9)17-3/h6-8H,4-5H2,1-3H3/t8-/m1/s1. The first-order chi connectivity index (χ1) is 9.09. The van der Waals surface area contributed by atoms with Crippen LogP contribution >= 0.6 is 0 Å². The van der Waals surface area contributed by atoms with Crippen molar-refractivity contribution >= 4 is 11.2 Å². The highest BCUT2D eigenvalue weighted by molar-refractivity contribution is 5.75. The van der Waals surface area contributed by atoms with Gasteiger partial charge in [-0.25, -0.2) is 9.97 Å². The fourth-order valence-corrected chi connectivity index (χ4v) is 2.21. The van der Waals surface area contributed by atoms with Gasteiger partial charge in [0.2, 0.25) is 5.88 Å². The van der Waals surface area contributed by atoms with E-state index < -0.39 is 5.79 Å².